The molecule has 0 fully saturated rings. The van der Waals surface area contributed by atoms with Crippen LogP contribution in [0.25, 0.3) is 0 Å². The standard InChI is InChI=1S/C26H27NO4/c1-18-12-19(2)14-22(13-18)25(28)27-24(26(29)30-3)16-21-10-7-11-23(15-21)31-17-20-8-5-4-6-9-20/h4-15,24H,16-17H2,1-3H3,(H,27,28)/t24-/m1/s1. The van der Waals surface area contributed by atoms with E-state index in [9.17, 15) is 9.59 Å². The summed E-state index contributed by atoms with van der Waals surface area (Å²) in [5.74, 6) is -0.0994. The third-order valence-corrected chi connectivity index (χ3v) is 4.86. The Labute approximate surface area is 183 Å². The summed E-state index contributed by atoms with van der Waals surface area (Å²) in [6, 6.07) is 22.2. The van der Waals surface area contributed by atoms with Gasteiger partial charge in [-0.2, -0.15) is 0 Å². The van der Waals surface area contributed by atoms with E-state index in [1.807, 2.05) is 74.5 Å². The largest absolute Gasteiger partial charge is 0.489 e. The van der Waals surface area contributed by atoms with Crippen LogP contribution in [-0.2, 0) is 22.6 Å². The molecule has 5 heteroatoms. The van der Waals surface area contributed by atoms with E-state index in [0.29, 0.717) is 24.3 Å². The van der Waals surface area contributed by atoms with Gasteiger partial charge < -0.3 is 14.8 Å². The van der Waals surface area contributed by atoms with Crippen LogP contribution in [0.1, 0.15) is 32.6 Å². The lowest BCUT2D eigenvalue weighted by Gasteiger charge is -2.17. The molecule has 1 N–H and O–H groups in total. The topological polar surface area (TPSA) is 64.6 Å². The van der Waals surface area contributed by atoms with Crippen molar-refractivity contribution in [2.45, 2.75) is 32.9 Å². The highest BCUT2D eigenvalue weighted by molar-refractivity contribution is 5.97. The van der Waals surface area contributed by atoms with Crippen molar-refractivity contribution in [3.05, 3.63) is 101 Å². The maximum absolute atomic E-state index is 12.8. The van der Waals surface area contributed by atoms with Crippen LogP contribution in [0.15, 0.2) is 72.8 Å². The molecule has 31 heavy (non-hydrogen) atoms. The van der Waals surface area contributed by atoms with Gasteiger partial charge in [0.05, 0.1) is 7.11 Å². The highest BCUT2D eigenvalue weighted by Gasteiger charge is 2.23. The highest BCUT2D eigenvalue weighted by Crippen LogP contribution is 2.17. The first-order chi connectivity index (χ1) is 14.9. The Hall–Kier alpha value is -3.60. The smallest absolute Gasteiger partial charge is 0.328 e. The molecule has 1 atom stereocenters. The van der Waals surface area contributed by atoms with Gasteiger partial charge in [0.2, 0.25) is 0 Å². The average Bonchev–Trinajstić information content (AvgIpc) is 2.77. The zero-order valence-corrected chi connectivity index (χ0v) is 18.1. The van der Waals surface area contributed by atoms with E-state index in [2.05, 4.69) is 5.32 Å². The first-order valence-corrected chi connectivity index (χ1v) is 10.2. The number of esters is 1. The maximum Gasteiger partial charge on any atom is 0.328 e. The van der Waals surface area contributed by atoms with Crippen LogP contribution in [0.3, 0.4) is 0 Å². The second-order valence-electron chi connectivity index (χ2n) is 7.55. The number of rotatable bonds is 8. The van der Waals surface area contributed by atoms with Crippen molar-refractivity contribution >= 4 is 11.9 Å². The second-order valence-corrected chi connectivity index (χ2v) is 7.55. The van der Waals surface area contributed by atoms with Crippen molar-refractivity contribution in [1.29, 1.82) is 0 Å². The van der Waals surface area contributed by atoms with E-state index in [0.717, 1.165) is 22.3 Å². The summed E-state index contributed by atoms with van der Waals surface area (Å²) in [6.07, 6.45) is 0.297. The molecule has 0 radical (unpaired) electrons. The zero-order chi connectivity index (χ0) is 22.2. The number of benzene rings is 3. The van der Waals surface area contributed by atoms with E-state index in [1.54, 1.807) is 12.1 Å². The fourth-order valence-corrected chi connectivity index (χ4v) is 3.42. The number of carbonyl (C=O) groups excluding carboxylic acids is 2. The monoisotopic (exact) mass is 417 g/mol. The molecular formula is C26H27NO4. The van der Waals surface area contributed by atoms with Gasteiger partial charge in [0.15, 0.2) is 0 Å². The van der Waals surface area contributed by atoms with Gasteiger partial charge in [-0.15, -0.1) is 0 Å². The predicted octanol–water partition coefficient (Wildman–Crippen LogP) is 4.40. The van der Waals surface area contributed by atoms with Gasteiger partial charge in [-0.25, -0.2) is 4.79 Å². The minimum Gasteiger partial charge on any atom is -0.489 e. The Balaban J connectivity index is 1.70. The molecule has 0 spiro atoms. The van der Waals surface area contributed by atoms with Crippen LogP contribution in [0.5, 0.6) is 5.75 Å². The SMILES string of the molecule is COC(=O)[C@@H](Cc1cccc(OCc2ccccc2)c1)NC(=O)c1cc(C)cc(C)c1. The number of hydrogen-bond donors (Lipinski definition) is 1. The molecule has 5 nitrogen and oxygen atoms in total. The highest BCUT2D eigenvalue weighted by atomic mass is 16.5. The lowest BCUT2D eigenvalue weighted by atomic mass is 10.0. The van der Waals surface area contributed by atoms with Crippen molar-refractivity contribution in [2.75, 3.05) is 7.11 Å². The summed E-state index contributed by atoms with van der Waals surface area (Å²) in [6.45, 7) is 4.32. The Kier molecular flexibility index (Phi) is 7.44. The third kappa shape index (κ3) is 6.44. The van der Waals surface area contributed by atoms with Crippen LogP contribution in [0.2, 0.25) is 0 Å². The maximum atomic E-state index is 12.8. The normalized spacial score (nSPS) is 11.5. The molecule has 0 aliphatic carbocycles. The van der Waals surface area contributed by atoms with Gasteiger partial charge in [-0.1, -0.05) is 59.7 Å². The molecule has 0 aliphatic rings. The lowest BCUT2D eigenvalue weighted by Crippen LogP contribution is -2.43. The predicted molar refractivity (Wildman–Crippen MR) is 120 cm³/mol. The van der Waals surface area contributed by atoms with Gasteiger partial charge >= 0.3 is 5.97 Å². The van der Waals surface area contributed by atoms with Crippen LogP contribution >= 0.6 is 0 Å². The average molecular weight is 418 g/mol. The Morgan fingerprint density at radius 3 is 2.23 bits per heavy atom. The summed E-state index contributed by atoms with van der Waals surface area (Å²) >= 11 is 0. The molecular weight excluding hydrogens is 390 g/mol. The minimum absolute atomic E-state index is 0.297. The molecule has 0 aliphatic heterocycles. The molecule has 3 aromatic rings. The fraction of sp³-hybridized carbons (Fsp3) is 0.231. The lowest BCUT2D eigenvalue weighted by molar-refractivity contribution is -0.142. The first-order valence-electron chi connectivity index (χ1n) is 10.2. The summed E-state index contributed by atoms with van der Waals surface area (Å²) in [4.78, 5) is 25.1. The van der Waals surface area contributed by atoms with Crippen LogP contribution in [0.4, 0.5) is 0 Å². The van der Waals surface area contributed by atoms with Gasteiger partial charge in [-0.3, -0.25) is 4.79 Å². The minimum atomic E-state index is -0.803. The third-order valence-electron chi connectivity index (χ3n) is 4.86. The molecule has 1 amide bonds. The van der Waals surface area contributed by atoms with Crippen molar-refractivity contribution in [3.63, 3.8) is 0 Å². The first kappa shape index (κ1) is 22.1. The molecule has 0 aromatic heterocycles. The van der Waals surface area contributed by atoms with E-state index in [4.69, 9.17) is 9.47 Å². The number of amides is 1. The van der Waals surface area contributed by atoms with Crippen molar-refractivity contribution in [1.82, 2.24) is 5.32 Å². The van der Waals surface area contributed by atoms with Gasteiger partial charge in [0.25, 0.3) is 5.91 Å². The van der Waals surface area contributed by atoms with Crippen molar-refractivity contribution < 1.29 is 19.1 Å². The van der Waals surface area contributed by atoms with E-state index in [1.165, 1.54) is 7.11 Å². The molecule has 160 valence electrons. The van der Waals surface area contributed by atoms with Gasteiger partial charge in [0.1, 0.15) is 18.4 Å². The molecule has 0 saturated heterocycles. The zero-order valence-electron chi connectivity index (χ0n) is 18.1. The Bertz CT molecular complexity index is 1030. The van der Waals surface area contributed by atoms with Gasteiger partial charge in [0, 0.05) is 12.0 Å². The number of ether oxygens (including phenoxy) is 2. The number of aryl methyl sites for hydroxylation is 2. The number of methoxy groups -OCH3 is 1. The van der Waals surface area contributed by atoms with Crippen LogP contribution in [-0.4, -0.2) is 25.0 Å². The van der Waals surface area contributed by atoms with Crippen LogP contribution in [0, 0.1) is 13.8 Å². The second kappa shape index (κ2) is 10.4. The molecule has 3 aromatic carbocycles. The molecule has 0 unspecified atom stereocenters. The Morgan fingerprint density at radius 1 is 0.871 bits per heavy atom. The van der Waals surface area contributed by atoms with E-state index < -0.39 is 12.0 Å². The summed E-state index contributed by atoms with van der Waals surface area (Å²) in [5, 5.41) is 2.81. The van der Waals surface area contributed by atoms with Crippen molar-refractivity contribution in [2.24, 2.45) is 0 Å². The summed E-state index contributed by atoms with van der Waals surface area (Å²) < 4.78 is 10.8. The molecule has 0 heterocycles. The molecule has 3 rings (SSSR count). The summed E-state index contributed by atoms with van der Waals surface area (Å²) in [7, 11) is 1.32. The van der Waals surface area contributed by atoms with E-state index in [-0.39, 0.29) is 5.91 Å². The quantitative estimate of drug-likeness (QED) is 0.552. The number of carbonyl (C=O) groups is 2. The Morgan fingerprint density at radius 2 is 1.55 bits per heavy atom. The molecule has 0 saturated carbocycles. The number of nitrogens with one attached hydrogen (secondary N) is 1. The molecule has 0 bridgehead atoms. The fourth-order valence-electron chi connectivity index (χ4n) is 3.42. The van der Waals surface area contributed by atoms with Crippen molar-refractivity contribution in [3.8, 4) is 5.75 Å². The number of hydrogen-bond acceptors (Lipinski definition) is 4. The summed E-state index contributed by atoms with van der Waals surface area (Å²) in [5.41, 5.74) is 4.43. The van der Waals surface area contributed by atoms with E-state index >= 15 is 0 Å². The van der Waals surface area contributed by atoms with Crippen LogP contribution < -0.4 is 10.1 Å². The van der Waals surface area contributed by atoms with Gasteiger partial charge in [-0.05, 0) is 49.2 Å².